The van der Waals surface area contributed by atoms with Crippen LogP contribution in [0.25, 0.3) is 0 Å². The molecule has 0 radical (unpaired) electrons. The molecular formula is C17H23NO2. The first-order valence-corrected chi connectivity index (χ1v) is 7.73. The smallest absolute Gasteiger partial charge is 0.307 e. The minimum absolute atomic E-state index is 0.118. The van der Waals surface area contributed by atoms with Crippen LogP contribution in [0.5, 0.6) is 0 Å². The zero-order chi connectivity index (χ0) is 14.0. The van der Waals surface area contributed by atoms with Crippen LogP contribution in [0.2, 0.25) is 0 Å². The summed E-state index contributed by atoms with van der Waals surface area (Å²) in [6.45, 7) is 2.31. The van der Waals surface area contributed by atoms with Crippen molar-refractivity contribution in [2.24, 2.45) is 5.41 Å². The third kappa shape index (κ3) is 2.82. The minimum Gasteiger partial charge on any atom is -0.481 e. The lowest BCUT2D eigenvalue weighted by molar-refractivity contribution is -0.136. The van der Waals surface area contributed by atoms with E-state index in [0.717, 1.165) is 18.7 Å². The largest absolute Gasteiger partial charge is 0.481 e. The molecule has 1 aliphatic carbocycles. The molecule has 1 saturated carbocycles. The Balaban J connectivity index is 1.65. The van der Waals surface area contributed by atoms with E-state index in [1.807, 2.05) is 18.2 Å². The van der Waals surface area contributed by atoms with Gasteiger partial charge < -0.3 is 10.0 Å². The van der Waals surface area contributed by atoms with Crippen molar-refractivity contribution in [1.82, 2.24) is 0 Å². The lowest BCUT2D eigenvalue weighted by atomic mass is 9.73. The number of rotatable bonds is 3. The van der Waals surface area contributed by atoms with Crippen LogP contribution in [0.1, 0.15) is 44.1 Å². The average molecular weight is 273 g/mol. The molecule has 3 heteroatoms. The van der Waals surface area contributed by atoms with E-state index in [-0.39, 0.29) is 6.42 Å². The molecule has 2 aliphatic rings. The molecule has 20 heavy (non-hydrogen) atoms. The first-order valence-electron chi connectivity index (χ1n) is 7.73. The van der Waals surface area contributed by atoms with E-state index in [2.05, 4.69) is 11.0 Å². The monoisotopic (exact) mass is 273 g/mol. The molecule has 0 atom stereocenters. The maximum absolute atomic E-state index is 10.8. The van der Waals surface area contributed by atoms with Gasteiger partial charge >= 0.3 is 5.97 Å². The third-order valence-electron chi connectivity index (χ3n) is 4.85. The fraction of sp³-hybridized carbons (Fsp3) is 0.588. The van der Waals surface area contributed by atoms with Crippen LogP contribution < -0.4 is 4.90 Å². The normalized spacial score (nSPS) is 21.3. The molecule has 0 aromatic heterocycles. The second-order valence-corrected chi connectivity index (χ2v) is 6.51. The summed E-state index contributed by atoms with van der Waals surface area (Å²) in [6, 6.07) is 8.02. The Kier molecular flexibility index (Phi) is 3.68. The van der Waals surface area contributed by atoms with Gasteiger partial charge in [0, 0.05) is 24.2 Å². The Hall–Kier alpha value is -1.51. The van der Waals surface area contributed by atoms with E-state index in [1.165, 1.54) is 44.2 Å². The van der Waals surface area contributed by atoms with Crippen LogP contribution in [0, 0.1) is 5.41 Å². The number of carbonyl (C=O) groups is 1. The zero-order valence-corrected chi connectivity index (χ0v) is 12.0. The van der Waals surface area contributed by atoms with Crippen molar-refractivity contribution in [2.75, 3.05) is 18.0 Å². The van der Waals surface area contributed by atoms with Gasteiger partial charge in [0.15, 0.2) is 0 Å². The quantitative estimate of drug-likeness (QED) is 0.916. The molecule has 0 bridgehead atoms. The Bertz CT molecular complexity index is 482. The maximum atomic E-state index is 10.8. The number of carboxylic acids is 1. The van der Waals surface area contributed by atoms with Crippen molar-refractivity contribution >= 4 is 11.7 Å². The van der Waals surface area contributed by atoms with Crippen molar-refractivity contribution in [2.45, 2.75) is 44.9 Å². The molecule has 1 aromatic carbocycles. The maximum Gasteiger partial charge on any atom is 0.307 e. The van der Waals surface area contributed by atoms with Gasteiger partial charge in [0.2, 0.25) is 0 Å². The Morgan fingerprint density at radius 2 is 1.85 bits per heavy atom. The van der Waals surface area contributed by atoms with Gasteiger partial charge in [0.1, 0.15) is 0 Å². The van der Waals surface area contributed by atoms with Gasteiger partial charge in [-0.05, 0) is 30.5 Å². The summed E-state index contributed by atoms with van der Waals surface area (Å²) in [5.41, 5.74) is 2.65. The summed E-state index contributed by atoms with van der Waals surface area (Å²) in [5.74, 6) is -0.758. The summed E-state index contributed by atoms with van der Waals surface area (Å²) >= 11 is 0. The van der Waals surface area contributed by atoms with Crippen molar-refractivity contribution < 1.29 is 9.90 Å². The van der Waals surface area contributed by atoms with Crippen molar-refractivity contribution in [3.63, 3.8) is 0 Å². The molecule has 1 aromatic rings. The molecule has 3 rings (SSSR count). The SMILES string of the molecule is O=C(O)Cc1cccc(N2CC3(CCCCCC3)C2)c1. The van der Waals surface area contributed by atoms with Gasteiger partial charge in [-0.3, -0.25) is 4.79 Å². The molecular weight excluding hydrogens is 250 g/mol. The highest BCUT2D eigenvalue weighted by Crippen LogP contribution is 2.44. The number of hydrogen-bond donors (Lipinski definition) is 1. The van der Waals surface area contributed by atoms with Gasteiger partial charge in [0.25, 0.3) is 0 Å². The van der Waals surface area contributed by atoms with Crippen LogP contribution in [0.15, 0.2) is 24.3 Å². The second-order valence-electron chi connectivity index (χ2n) is 6.51. The summed E-state index contributed by atoms with van der Waals surface area (Å²) in [6.07, 6.45) is 8.43. The Morgan fingerprint density at radius 3 is 2.50 bits per heavy atom. The minimum atomic E-state index is -0.758. The van der Waals surface area contributed by atoms with Crippen LogP contribution in [0.3, 0.4) is 0 Å². The third-order valence-corrected chi connectivity index (χ3v) is 4.85. The van der Waals surface area contributed by atoms with Crippen molar-refractivity contribution in [1.29, 1.82) is 0 Å². The number of nitrogens with zero attached hydrogens (tertiary/aromatic N) is 1. The van der Waals surface area contributed by atoms with Crippen molar-refractivity contribution in [3.05, 3.63) is 29.8 Å². The summed E-state index contributed by atoms with van der Waals surface area (Å²) in [4.78, 5) is 13.2. The molecule has 1 N–H and O–H groups in total. The molecule has 1 aliphatic heterocycles. The molecule has 108 valence electrons. The Labute approximate surface area is 120 Å². The molecule has 1 heterocycles. The number of anilines is 1. The molecule has 0 amide bonds. The number of benzene rings is 1. The van der Waals surface area contributed by atoms with Crippen LogP contribution in [-0.4, -0.2) is 24.2 Å². The first kappa shape index (κ1) is 13.5. The predicted octanol–water partition coefficient (Wildman–Crippen LogP) is 3.47. The van der Waals surface area contributed by atoms with Crippen molar-refractivity contribution in [3.8, 4) is 0 Å². The fourth-order valence-corrected chi connectivity index (χ4v) is 3.78. The molecule has 1 saturated heterocycles. The first-order chi connectivity index (χ1) is 9.67. The molecule has 3 nitrogen and oxygen atoms in total. The van der Waals surface area contributed by atoms with Gasteiger partial charge in [-0.15, -0.1) is 0 Å². The number of carboxylic acid groups (broad SMARTS) is 1. The summed E-state index contributed by atoms with van der Waals surface area (Å²) in [5, 5.41) is 8.88. The highest BCUT2D eigenvalue weighted by Gasteiger charge is 2.42. The van der Waals surface area contributed by atoms with E-state index in [1.54, 1.807) is 0 Å². The topological polar surface area (TPSA) is 40.5 Å². The number of hydrogen-bond acceptors (Lipinski definition) is 2. The highest BCUT2D eigenvalue weighted by atomic mass is 16.4. The second kappa shape index (κ2) is 5.47. The summed E-state index contributed by atoms with van der Waals surface area (Å²) < 4.78 is 0. The van der Waals surface area contributed by atoms with E-state index in [0.29, 0.717) is 5.41 Å². The summed E-state index contributed by atoms with van der Waals surface area (Å²) in [7, 11) is 0. The van der Waals surface area contributed by atoms with E-state index >= 15 is 0 Å². The fourth-order valence-electron chi connectivity index (χ4n) is 3.78. The van der Waals surface area contributed by atoms with Gasteiger partial charge in [-0.1, -0.05) is 37.8 Å². The lowest BCUT2D eigenvalue weighted by Crippen LogP contribution is -2.56. The lowest BCUT2D eigenvalue weighted by Gasteiger charge is -2.51. The van der Waals surface area contributed by atoms with Gasteiger partial charge in [0.05, 0.1) is 6.42 Å². The average Bonchev–Trinajstić information content (AvgIpc) is 2.62. The van der Waals surface area contributed by atoms with E-state index < -0.39 is 5.97 Å². The van der Waals surface area contributed by atoms with Crippen LogP contribution in [0.4, 0.5) is 5.69 Å². The van der Waals surface area contributed by atoms with Gasteiger partial charge in [-0.2, -0.15) is 0 Å². The molecule has 2 fully saturated rings. The molecule has 0 unspecified atom stereocenters. The highest BCUT2D eigenvalue weighted by molar-refractivity contribution is 5.71. The zero-order valence-electron chi connectivity index (χ0n) is 12.0. The van der Waals surface area contributed by atoms with Gasteiger partial charge in [-0.25, -0.2) is 0 Å². The molecule has 1 spiro atoms. The van der Waals surface area contributed by atoms with E-state index in [9.17, 15) is 4.79 Å². The van der Waals surface area contributed by atoms with Crippen LogP contribution >= 0.6 is 0 Å². The number of aliphatic carboxylic acids is 1. The van der Waals surface area contributed by atoms with Crippen LogP contribution in [-0.2, 0) is 11.2 Å². The Morgan fingerprint density at radius 1 is 1.15 bits per heavy atom. The standard InChI is InChI=1S/C17H23NO2/c19-16(20)11-14-6-5-7-15(10-14)18-12-17(13-18)8-3-1-2-4-9-17/h5-7,10H,1-4,8-9,11-13H2,(H,19,20). The van der Waals surface area contributed by atoms with E-state index in [4.69, 9.17) is 5.11 Å². The predicted molar refractivity (Wildman–Crippen MR) is 80.1 cm³/mol.